The summed E-state index contributed by atoms with van der Waals surface area (Å²) in [6.07, 6.45) is 4.14. The molecule has 0 aromatic carbocycles. The maximum absolute atomic E-state index is 12.3. The number of carbonyl (C=O) groups is 1. The van der Waals surface area contributed by atoms with Crippen molar-refractivity contribution in [3.8, 4) is 0 Å². The SMILES string of the molecule is CCC1=CCC(C(=O)N2CCN(CCO)CC2)S1. The molecular formula is C13H22N2O2S. The van der Waals surface area contributed by atoms with E-state index in [4.69, 9.17) is 5.11 Å². The molecule has 0 bridgehead atoms. The molecule has 4 nitrogen and oxygen atoms in total. The molecule has 0 aliphatic carbocycles. The van der Waals surface area contributed by atoms with Crippen molar-refractivity contribution in [1.29, 1.82) is 0 Å². The van der Waals surface area contributed by atoms with Crippen LogP contribution in [0.1, 0.15) is 19.8 Å². The number of nitrogens with zero attached hydrogens (tertiary/aromatic N) is 2. The molecule has 0 radical (unpaired) electrons. The van der Waals surface area contributed by atoms with E-state index in [1.54, 1.807) is 11.8 Å². The predicted molar refractivity (Wildman–Crippen MR) is 74.5 cm³/mol. The van der Waals surface area contributed by atoms with Crippen LogP contribution < -0.4 is 0 Å². The Morgan fingerprint density at radius 2 is 2.17 bits per heavy atom. The van der Waals surface area contributed by atoms with Gasteiger partial charge in [-0.3, -0.25) is 9.69 Å². The Morgan fingerprint density at radius 1 is 1.44 bits per heavy atom. The lowest BCUT2D eigenvalue weighted by molar-refractivity contribution is -0.132. The molecule has 102 valence electrons. The van der Waals surface area contributed by atoms with E-state index >= 15 is 0 Å². The van der Waals surface area contributed by atoms with Crippen LogP contribution in [-0.4, -0.2) is 65.4 Å². The van der Waals surface area contributed by atoms with Crippen molar-refractivity contribution in [2.45, 2.75) is 25.0 Å². The maximum Gasteiger partial charge on any atom is 0.236 e. The van der Waals surface area contributed by atoms with Crippen molar-refractivity contribution < 1.29 is 9.90 Å². The van der Waals surface area contributed by atoms with Gasteiger partial charge in [0.25, 0.3) is 0 Å². The Bertz CT molecular complexity index is 325. The maximum atomic E-state index is 12.3. The van der Waals surface area contributed by atoms with Crippen molar-refractivity contribution >= 4 is 17.7 Å². The normalized spacial score (nSPS) is 25.3. The zero-order chi connectivity index (χ0) is 13.0. The largest absolute Gasteiger partial charge is 0.395 e. The van der Waals surface area contributed by atoms with Gasteiger partial charge in [0.15, 0.2) is 0 Å². The molecule has 1 unspecified atom stereocenters. The highest BCUT2D eigenvalue weighted by Crippen LogP contribution is 2.35. The molecule has 1 fully saturated rings. The number of rotatable bonds is 4. The number of β-amino-alcohol motifs (C(OH)–C–C–N with tert-alkyl or cyclic N) is 1. The van der Waals surface area contributed by atoms with Crippen LogP contribution in [0.25, 0.3) is 0 Å². The summed E-state index contributed by atoms with van der Waals surface area (Å²) in [6.45, 7) is 6.45. The van der Waals surface area contributed by atoms with Gasteiger partial charge in [0.05, 0.1) is 11.9 Å². The third-order valence-corrected chi connectivity index (χ3v) is 5.01. The van der Waals surface area contributed by atoms with Gasteiger partial charge in [0, 0.05) is 32.7 Å². The molecule has 1 amide bonds. The van der Waals surface area contributed by atoms with Crippen LogP contribution in [-0.2, 0) is 4.79 Å². The first-order valence-corrected chi connectivity index (χ1v) is 7.60. The van der Waals surface area contributed by atoms with Crippen molar-refractivity contribution in [2.24, 2.45) is 0 Å². The molecule has 1 N–H and O–H groups in total. The second kappa shape index (κ2) is 6.59. The number of hydrogen-bond acceptors (Lipinski definition) is 4. The van der Waals surface area contributed by atoms with Crippen LogP contribution in [0.3, 0.4) is 0 Å². The molecule has 18 heavy (non-hydrogen) atoms. The summed E-state index contributed by atoms with van der Waals surface area (Å²) < 4.78 is 0. The minimum absolute atomic E-state index is 0.115. The standard InChI is InChI=1S/C13H22N2O2S/c1-2-11-3-4-12(18-11)13(17)15-7-5-14(6-8-15)9-10-16/h3,12,16H,2,4-10H2,1H3. The third kappa shape index (κ3) is 3.28. The Hall–Kier alpha value is -0.520. The highest BCUT2D eigenvalue weighted by Gasteiger charge is 2.30. The number of allylic oxidation sites excluding steroid dienone is 2. The summed E-state index contributed by atoms with van der Waals surface area (Å²) >= 11 is 1.74. The monoisotopic (exact) mass is 270 g/mol. The van der Waals surface area contributed by atoms with E-state index in [1.165, 1.54) is 4.91 Å². The summed E-state index contributed by atoms with van der Waals surface area (Å²) in [5.41, 5.74) is 0. The number of hydrogen-bond donors (Lipinski definition) is 1. The van der Waals surface area contributed by atoms with Gasteiger partial charge in [-0.05, 0) is 17.7 Å². The van der Waals surface area contributed by atoms with Gasteiger partial charge in [-0.2, -0.15) is 0 Å². The Labute approximate surface area is 113 Å². The number of piperazine rings is 1. The average molecular weight is 270 g/mol. The van der Waals surface area contributed by atoms with Crippen LogP contribution >= 0.6 is 11.8 Å². The number of aliphatic hydroxyl groups excluding tert-OH is 1. The number of carbonyl (C=O) groups excluding carboxylic acids is 1. The molecule has 2 aliphatic rings. The van der Waals surface area contributed by atoms with Gasteiger partial charge < -0.3 is 10.0 Å². The molecule has 2 aliphatic heterocycles. The van der Waals surface area contributed by atoms with E-state index in [2.05, 4.69) is 17.9 Å². The molecular weight excluding hydrogens is 248 g/mol. The number of thioether (sulfide) groups is 1. The van der Waals surface area contributed by atoms with Crippen molar-refractivity contribution in [2.75, 3.05) is 39.3 Å². The summed E-state index contributed by atoms with van der Waals surface area (Å²) in [6, 6.07) is 0. The van der Waals surface area contributed by atoms with Crippen LogP contribution in [0.4, 0.5) is 0 Å². The van der Waals surface area contributed by atoms with E-state index < -0.39 is 0 Å². The first-order valence-electron chi connectivity index (χ1n) is 6.72. The quantitative estimate of drug-likeness (QED) is 0.825. The minimum atomic E-state index is 0.115. The Kier molecular flexibility index (Phi) is 5.09. The predicted octanol–water partition coefficient (Wildman–Crippen LogP) is 0.922. The van der Waals surface area contributed by atoms with Gasteiger partial charge in [0.1, 0.15) is 0 Å². The average Bonchev–Trinajstić information content (AvgIpc) is 2.88. The fraction of sp³-hybridized carbons (Fsp3) is 0.769. The molecule has 0 aromatic heterocycles. The van der Waals surface area contributed by atoms with E-state index in [0.29, 0.717) is 5.91 Å². The van der Waals surface area contributed by atoms with Crippen LogP contribution in [0, 0.1) is 0 Å². The lowest BCUT2D eigenvalue weighted by atomic mass is 10.2. The molecule has 0 spiro atoms. The molecule has 0 saturated carbocycles. The lowest BCUT2D eigenvalue weighted by Gasteiger charge is -2.35. The fourth-order valence-electron chi connectivity index (χ4n) is 2.43. The van der Waals surface area contributed by atoms with Gasteiger partial charge in [-0.15, -0.1) is 11.8 Å². The lowest BCUT2D eigenvalue weighted by Crippen LogP contribution is -2.51. The summed E-state index contributed by atoms with van der Waals surface area (Å²) in [5, 5.41) is 9.01. The van der Waals surface area contributed by atoms with E-state index in [9.17, 15) is 4.79 Å². The number of amides is 1. The molecule has 0 aromatic rings. The number of aliphatic hydroxyl groups is 1. The molecule has 1 saturated heterocycles. The van der Waals surface area contributed by atoms with Crippen molar-refractivity contribution in [3.63, 3.8) is 0 Å². The van der Waals surface area contributed by atoms with E-state index in [-0.39, 0.29) is 11.9 Å². The van der Waals surface area contributed by atoms with E-state index in [0.717, 1.165) is 45.6 Å². The van der Waals surface area contributed by atoms with Gasteiger partial charge in [-0.1, -0.05) is 13.0 Å². The topological polar surface area (TPSA) is 43.8 Å². The van der Waals surface area contributed by atoms with Crippen LogP contribution in [0.2, 0.25) is 0 Å². The molecule has 2 rings (SSSR count). The molecule has 1 atom stereocenters. The van der Waals surface area contributed by atoms with Crippen LogP contribution in [0.5, 0.6) is 0 Å². The van der Waals surface area contributed by atoms with Gasteiger partial charge >= 0.3 is 0 Å². The third-order valence-electron chi connectivity index (χ3n) is 3.58. The van der Waals surface area contributed by atoms with Crippen LogP contribution in [0.15, 0.2) is 11.0 Å². The Morgan fingerprint density at radius 3 is 2.72 bits per heavy atom. The zero-order valence-corrected chi connectivity index (χ0v) is 11.8. The first kappa shape index (κ1) is 13.9. The highest BCUT2D eigenvalue weighted by atomic mass is 32.2. The molecule has 2 heterocycles. The van der Waals surface area contributed by atoms with E-state index in [1.807, 2.05) is 4.90 Å². The minimum Gasteiger partial charge on any atom is -0.395 e. The van der Waals surface area contributed by atoms with Crippen molar-refractivity contribution in [3.05, 3.63) is 11.0 Å². The van der Waals surface area contributed by atoms with Gasteiger partial charge in [0.2, 0.25) is 5.91 Å². The van der Waals surface area contributed by atoms with Crippen molar-refractivity contribution in [1.82, 2.24) is 9.80 Å². The summed E-state index contributed by atoms with van der Waals surface area (Å²) in [5.74, 6) is 0.295. The summed E-state index contributed by atoms with van der Waals surface area (Å²) in [4.78, 5) is 17.9. The smallest absolute Gasteiger partial charge is 0.236 e. The first-order chi connectivity index (χ1) is 8.74. The molecule has 5 heteroatoms. The zero-order valence-electron chi connectivity index (χ0n) is 11.0. The van der Waals surface area contributed by atoms with Gasteiger partial charge in [-0.25, -0.2) is 0 Å². The summed E-state index contributed by atoms with van der Waals surface area (Å²) in [7, 11) is 0. The second-order valence-corrected chi connectivity index (χ2v) is 6.09. The fourth-order valence-corrected chi connectivity index (χ4v) is 3.60. The highest BCUT2D eigenvalue weighted by molar-refractivity contribution is 8.04. The Balaban J connectivity index is 1.78. The second-order valence-electron chi connectivity index (χ2n) is 4.76.